The molecule has 1 aromatic carbocycles. The molecule has 102 valence electrons. The van der Waals surface area contributed by atoms with E-state index in [1.807, 2.05) is 35.7 Å². The van der Waals surface area contributed by atoms with E-state index in [1.54, 1.807) is 11.3 Å². The van der Waals surface area contributed by atoms with Crippen molar-refractivity contribution in [2.75, 3.05) is 5.43 Å². The minimum Gasteiger partial charge on any atom is -0.484 e. The summed E-state index contributed by atoms with van der Waals surface area (Å²) in [6, 6.07) is 9.59. The summed E-state index contributed by atoms with van der Waals surface area (Å²) in [4.78, 5) is 9.70. The lowest BCUT2D eigenvalue weighted by atomic mass is 10.3. The Morgan fingerprint density at radius 3 is 2.90 bits per heavy atom. The summed E-state index contributed by atoms with van der Waals surface area (Å²) in [5.74, 6) is 7.45. The summed E-state index contributed by atoms with van der Waals surface area (Å²) in [6.45, 7) is 0.283. The third-order valence-electron chi connectivity index (χ3n) is 2.70. The quantitative estimate of drug-likeness (QED) is 0.557. The van der Waals surface area contributed by atoms with Gasteiger partial charge in [-0.05, 0) is 39.5 Å². The number of fused-ring (bicyclic) bond motifs is 1. The van der Waals surface area contributed by atoms with Gasteiger partial charge in [0.05, 0.1) is 9.86 Å². The second kappa shape index (κ2) is 5.74. The molecule has 2 heterocycles. The highest BCUT2D eigenvalue weighted by molar-refractivity contribution is 9.10. The number of benzene rings is 1. The van der Waals surface area contributed by atoms with Gasteiger partial charge in [-0.15, -0.1) is 11.3 Å². The lowest BCUT2D eigenvalue weighted by Crippen LogP contribution is -2.11. The van der Waals surface area contributed by atoms with Crippen LogP contribution in [0.5, 0.6) is 5.75 Å². The normalized spacial score (nSPS) is 10.7. The first-order valence-corrected chi connectivity index (χ1v) is 7.53. The molecule has 0 unspecified atom stereocenters. The number of nitrogen functional groups attached to an aromatic ring is 1. The van der Waals surface area contributed by atoms with E-state index < -0.39 is 0 Å². The molecule has 0 aliphatic heterocycles. The number of anilines is 1. The van der Waals surface area contributed by atoms with Crippen LogP contribution >= 0.6 is 27.3 Å². The van der Waals surface area contributed by atoms with E-state index in [-0.39, 0.29) is 6.61 Å². The van der Waals surface area contributed by atoms with Gasteiger partial charge in [0.2, 0.25) is 0 Å². The summed E-state index contributed by atoms with van der Waals surface area (Å²) in [5, 5.41) is 2.88. The number of halogens is 1. The number of rotatable bonds is 4. The number of nitrogens with one attached hydrogen (secondary N) is 1. The second-order valence-electron chi connectivity index (χ2n) is 3.99. The van der Waals surface area contributed by atoms with E-state index in [0.717, 1.165) is 20.4 Å². The number of nitrogens with zero attached hydrogens (tertiary/aromatic N) is 2. The largest absolute Gasteiger partial charge is 0.484 e. The Morgan fingerprint density at radius 1 is 1.25 bits per heavy atom. The van der Waals surface area contributed by atoms with Crippen molar-refractivity contribution in [3.63, 3.8) is 0 Å². The molecule has 3 aromatic rings. The highest BCUT2D eigenvalue weighted by Gasteiger charge is 2.09. The first-order valence-electron chi connectivity index (χ1n) is 5.86. The van der Waals surface area contributed by atoms with E-state index in [2.05, 4.69) is 31.3 Å². The predicted octanol–water partition coefficient (Wildman–Crippen LogP) is 3.32. The van der Waals surface area contributed by atoms with Crippen molar-refractivity contribution in [1.29, 1.82) is 0 Å². The molecule has 0 fully saturated rings. The first-order chi connectivity index (χ1) is 9.78. The number of nitrogens with two attached hydrogens (primary N) is 1. The number of hydrogen-bond acceptors (Lipinski definition) is 6. The van der Waals surface area contributed by atoms with E-state index in [0.29, 0.717) is 11.6 Å². The molecule has 3 rings (SSSR count). The monoisotopic (exact) mass is 350 g/mol. The van der Waals surface area contributed by atoms with Crippen molar-refractivity contribution in [1.82, 2.24) is 9.97 Å². The summed E-state index contributed by atoms with van der Waals surface area (Å²) >= 11 is 4.98. The minimum absolute atomic E-state index is 0.283. The first kappa shape index (κ1) is 13.3. The number of thiophene rings is 1. The maximum Gasteiger partial charge on any atom is 0.169 e. The van der Waals surface area contributed by atoms with Crippen LogP contribution in [0.4, 0.5) is 5.82 Å². The molecule has 0 bridgehead atoms. The lowest BCUT2D eigenvalue weighted by Gasteiger charge is -2.08. The molecule has 0 atom stereocenters. The van der Waals surface area contributed by atoms with Gasteiger partial charge in [0.25, 0.3) is 0 Å². The van der Waals surface area contributed by atoms with Gasteiger partial charge in [0.1, 0.15) is 17.2 Å². The maximum absolute atomic E-state index is 5.71. The van der Waals surface area contributed by atoms with Gasteiger partial charge in [0.15, 0.2) is 11.6 Å². The maximum atomic E-state index is 5.71. The van der Waals surface area contributed by atoms with Gasteiger partial charge in [-0.2, -0.15) is 0 Å². The zero-order chi connectivity index (χ0) is 13.9. The van der Waals surface area contributed by atoms with Gasteiger partial charge in [-0.3, -0.25) is 0 Å². The van der Waals surface area contributed by atoms with Crippen LogP contribution in [0.3, 0.4) is 0 Å². The third kappa shape index (κ3) is 2.60. The number of aromatic nitrogens is 2. The average Bonchev–Trinajstić information content (AvgIpc) is 2.94. The number of hydrogen-bond donors (Lipinski definition) is 2. The van der Waals surface area contributed by atoms with Crippen molar-refractivity contribution in [2.45, 2.75) is 6.61 Å². The number of para-hydroxylation sites is 1. The van der Waals surface area contributed by atoms with E-state index in [1.165, 1.54) is 0 Å². The molecule has 3 N–H and O–H groups in total. The Hall–Kier alpha value is -1.70. The van der Waals surface area contributed by atoms with Crippen molar-refractivity contribution in [3.05, 3.63) is 46.0 Å². The summed E-state index contributed by atoms with van der Waals surface area (Å²) in [6.07, 6.45) is 0. The topological polar surface area (TPSA) is 73.1 Å². The molecule has 0 spiro atoms. The average molecular weight is 351 g/mol. The van der Waals surface area contributed by atoms with Gasteiger partial charge >= 0.3 is 0 Å². The fraction of sp³-hybridized carbons (Fsp3) is 0.0769. The summed E-state index contributed by atoms with van der Waals surface area (Å²) in [5.41, 5.74) is 2.60. The zero-order valence-corrected chi connectivity index (χ0v) is 12.7. The molecule has 0 aliphatic carbocycles. The predicted molar refractivity (Wildman–Crippen MR) is 83.7 cm³/mol. The Balaban J connectivity index is 1.86. The van der Waals surface area contributed by atoms with Gasteiger partial charge in [-0.25, -0.2) is 15.8 Å². The number of ether oxygens (including phenoxy) is 1. The van der Waals surface area contributed by atoms with Crippen LogP contribution in [0.1, 0.15) is 5.82 Å². The molecule has 20 heavy (non-hydrogen) atoms. The molecule has 2 aromatic heterocycles. The van der Waals surface area contributed by atoms with Crippen LogP contribution in [0.2, 0.25) is 0 Å². The van der Waals surface area contributed by atoms with Gasteiger partial charge in [-0.1, -0.05) is 12.1 Å². The highest BCUT2D eigenvalue weighted by Crippen LogP contribution is 2.26. The molecule has 0 aliphatic rings. The van der Waals surface area contributed by atoms with E-state index >= 15 is 0 Å². The third-order valence-corrected chi connectivity index (χ3v) is 4.16. The molecule has 0 saturated carbocycles. The Morgan fingerprint density at radius 2 is 2.10 bits per heavy atom. The highest BCUT2D eigenvalue weighted by atomic mass is 79.9. The van der Waals surface area contributed by atoms with Crippen LogP contribution in [0.15, 0.2) is 40.2 Å². The SMILES string of the molecule is NNc1nc(COc2ccccc2Br)nc2sccc12. The molecule has 0 saturated heterocycles. The van der Waals surface area contributed by atoms with Crippen LogP contribution in [0.25, 0.3) is 10.2 Å². The van der Waals surface area contributed by atoms with Crippen molar-refractivity contribution < 1.29 is 4.74 Å². The van der Waals surface area contributed by atoms with Crippen LogP contribution in [-0.2, 0) is 6.61 Å². The van der Waals surface area contributed by atoms with Crippen LogP contribution in [-0.4, -0.2) is 9.97 Å². The summed E-state index contributed by atoms with van der Waals surface area (Å²) < 4.78 is 6.61. The van der Waals surface area contributed by atoms with Gasteiger partial charge in [0, 0.05) is 0 Å². The Kier molecular flexibility index (Phi) is 3.81. The molecular weight excluding hydrogens is 340 g/mol. The van der Waals surface area contributed by atoms with Crippen LogP contribution < -0.4 is 16.0 Å². The molecule has 0 radical (unpaired) electrons. The standard InChI is InChI=1S/C13H11BrN4OS/c14-9-3-1-2-4-10(9)19-7-11-16-12(18-15)8-5-6-20-13(8)17-11/h1-6H,7,15H2,(H,16,17,18). The Labute approximate surface area is 127 Å². The minimum atomic E-state index is 0.283. The van der Waals surface area contributed by atoms with Crippen molar-refractivity contribution in [2.24, 2.45) is 5.84 Å². The van der Waals surface area contributed by atoms with Crippen molar-refractivity contribution in [3.8, 4) is 5.75 Å². The molecule has 5 nitrogen and oxygen atoms in total. The van der Waals surface area contributed by atoms with Crippen molar-refractivity contribution >= 4 is 43.3 Å². The smallest absolute Gasteiger partial charge is 0.169 e. The van der Waals surface area contributed by atoms with E-state index in [9.17, 15) is 0 Å². The lowest BCUT2D eigenvalue weighted by molar-refractivity contribution is 0.294. The second-order valence-corrected chi connectivity index (χ2v) is 5.74. The van der Waals surface area contributed by atoms with E-state index in [4.69, 9.17) is 10.6 Å². The summed E-state index contributed by atoms with van der Waals surface area (Å²) in [7, 11) is 0. The van der Waals surface area contributed by atoms with Gasteiger partial charge < -0.3 is 10.2 Å². The fourth-order valence-corrected chi connectivity index (χ4v) is 2.96. The molecule has 0 amide bonds. The fourth-order valence-electron chi connectivity index (χ4n) is 1.78. The molecular formula is C13H11BrN4OS. The molecule has 7 heteroatoms. The zero-order valence-electron chi connectivity index (χ0n) is 10.3. The Bertz CT molecular complexity index is 746. The number of hydrazine groups is 1. The van der Waals surface area contributed by atoms with Crippen LogP contribution in [0, 0.1) is 0 Å².